The molecule has 4 rings (SSSR count). The first-order valence-electron chi connectivity index (χ1n) is 18.1. The van der Waals surface area contributed by atoms with Crippen LogP contribution in [0, 0.1) is 0 Å². The van der Waals surface area contributed by atoms with Gasteiger partial charge >= 0.3 is 18.2 Å². The zero-order chi connectivity index (χ0) is 41.4. The van der Waals surface area contributed by atoms with Gasteiger partial charge in [-0.3, -0.25) is 18.2 Å². The Bertz CT molecular complexity index is 1990. The number of alkyl halides is 3. The van der Waals surface area contributed by atoms with Crippen LogP contribution in [-0.2, 0) is 37.9 Å². The van der Waals surface area contributed by atoms with Gasteiger partial charge in [0.15, 0.2) is 14.0 Å². The fourth-order valence-corrected chi connectivity index (χ4v) is 9.89. The summed E-state index contributed by atoms with van der Waals surface area (Å²) in [7, 11) is -2.33. The molecule has 1 heterocycles. The van der Waals surface area contributed by atoms with E-state index < -0.39 is 61.8 Å². The molecule has 3 aromatic carbocycles. The number of rotatable bonds is 18. The number of carbonyl (C=O) groups excluding carboxylic acids is 1. The molecule has 306 valence electrons. The Morgan fingerprint density at radius 3 is 2.25 bits per heavy atom. The molecule has 0 saturated heterocycles. The lowest BCUT2D eigenvalue weighted by molar-refractivity contribution is -0.152. The van der Waals surface area contributed by atoms with Crippen molar-refractivity contribution in [2.45, 2.75) is 84.1 Å². The summed E-state index contributed by atoms with van der Waals surface area (Å²) in [4.78, 5) is 26.6. The van der Waals surface area contributed by atoms with Crippen molar-refractivity contribution < 1.29 is 50.5 Å². The van der Waals surface area contributed by atoms with Gasteiger partial charge in [-0.25, -0.2) is 4.79 Å². The number of ether oxygens (including phenoxy) is 2. The van der Waals surface area contributed by atoms with Gasteiger partial charge in [-0.05, 0) is 74.3 Å². The van der Waals surface area contributed by atoms with E-state index in [9.17, 15) is 36.6 Å². The average molecular weight is 840 g/mol. The first-order valence-corrected chi connectivity index (χ1v) is 22.0. The average Bonchev–Trinajstić information content (AvgIpc) is 3.53. The molecule has 0 saturated carbocycles. The van der Waals surface area contributed by atoms with Crippen molar-refractivity contribution in [2.24, 2.45) is 0 Å². The largest absolute Gasteiger partial charge is 0.755 e. The van der Waals surface area contributed by atoms with Crippen LogP contribution in [0.3, 0.4) is 0 Å². The molecule has 2 unspecified atom stereocenters. The number of anilines is 1. The van der Waals surface area contributed by atoms with Crippen LogP contribution in [0.5, 0.6) is 5.75 Å². The van der Waals surface area contributed by atoms with Crippen LogP contribution in [0.15, 0.2) is 66.7 Å². The van der Waals surface area contributed by atoms with Crippen LogP contribution in [0.1, 0.15) is 64.5 Å². The molecule has 2 atom stereocenters. The number of hydrogen-bond donors (Lipinski definition) is 1. The van der Waals surface area contributed by atoms with E-state index in [4.69, 9.17) is 25.5 Å². The van der Waals surface area contributed by atoms with E-state index in [0.717, 1.165) is 34.1 Å². The highest BCUT2D eigenvalue weighted by atomic mass is 35.5. The molecule has 4 aromatic rings. The molecule has 0 radical (unpaired) electrons. The summed E-state index contributed by atoms with van der Waals surface area (Å²) in [6, 6.07) is 20.7. The summed E-state index contributed by atoms with van der Waals surface area (Å²) in [5, 5.41) is 12.5. The second-order valence-electron chi connectivity index (χ2n) is 14.2. The van der Waals surface area contributed by atoms with Crippen molar-refractivity contribution in [3.8, 4) is 5.75 Å². The fourth-order valence-electron chi connectivity index (χ4n) is 6.29. The molecule has 0 aliphatic rings. The van der Waals surface area contributed by atoms with Crippen molar-refractivity contribution in [3.63, 3.8) is 0 Å². The van der Waals surface area contributed by atoms with E-state index in [-0.39, 0.29) is 38.7 Å². The van der Waals surface area contributed by atoms with E-state index >= 15 is 0 Å². The van der Waals surface area contributed by atoms with Crippen LogP contribution in [0.4, 0.5) is 23.7 Å². The minimum Gasteiger partial charge on any atom is -0.755 e. The van der Waals surface area contributed by atoms with Crippen LogP contribution in [0.25, 0.3) is 10.9 Å². The Morgan fingerprint density at radius 1 is 1.02 bits per heavy atom. The maximum atomic E-state index is 13.6. The second-order valence-corrected chi connectivity index (χ2v) is 20.2. The molecule has 0 amide bonds. The molecule has 0 spiro atoms. The lowest BCUT2D eigenvalue weighted by Gasteiger charge is -2.37. The molecule has 56 heavy (non-hydrogen) atoms. The van der Waals surface area contributed by atoms with Gasteiger partial charge in [-0.2, -0.15) is 23.0 Å². The van der Waals surface area contributed by atoms with E-state index in [2.05, 4.69) is 30.8 Å². The molecular weight excluding hydrogens is 793 g/mol. The Morgan fingerprint density at radius 2 is 1.68 bits per heavy atom. The molecule has 1 N–H and O–H groups in total. The Labute approximate surface area is 333 Å². The number of aromatic nitrogens is 2. The van der Waals surface area contributed by atoms with Gasteiger partial charge in [0.2, 0.25) is 0 Å². The summed E-state index contributed by atoms with van der Waals surface area (Å²) < 4.78 is 85.5. The number of fused-ring (bicyclic) bond motifs is 1. The molecule has 12 nitrogen and oxygen atoms in total. The Hall–Kier alpha value is -4.00. The van der Waals surface area contributed by atoms with Gasteiger partial charge in [-0.15, -0.1) is 0 Å². The highest BCUT2D eigenvalue weighted by molar-refractivity contribution is 7.80. The normalized spacial score (nSPS) is 13.5. The number of halogens is 4. The lowest BCUT2D eigenvalue weighted by Crippen LogP contribution is -2.41. The van der Waals surface area contributed by atoms with Crippen molar-refractivity contribution in [1.29, 1.82) is 0 Å². The minimum absolute atomic E-state index is 0.0565. The first kappa shape index (κ1) is 44.7. The molecule has 18 heteroatoms. The number of carboxylic acid groups (broad SMARTS) is 1. The molecule has 1 aromatic heterocycles. The zero-order valence-corrected chi connectivity index (χ0v) is 34.7. The molecular formula is C38H47ClF3N4O8SSi-. The third-order valence-electron chi connectivity index (χ3n) is 9.26. The molecule has 0 bridgehead atoms. The molecule has 0 aliphatic heterocycles. The summed E-state index contributed by atoms with van der Waals surface area (Å²) in [5.74, 6) is -0.611. The van der Waals surface area contributed by atoms with Crippen molar-refractivity contribution in [3.05, 3.63) is 88.6 Å². The predicted octanol–water partition coefficient (Wildman–Crippen LogP) is 8.82. The zero-order valence-electron chi connectivity index (χ0n) is 32.1. The lowest BCUT2D eigenvalue weighted by atomic mass is 10.1. The van der Waals surface area contributed by atoms with Gasteiger partial charge in [0.1, 0.15) is 24.5 Å². The van der Waals surface area contributed by atoms with Crippen LogP contribution < -0.4 is 9.04 Å². The summed E-state index contributed by atoms with van der Waals surface area (Å²) in [6.45, 7) is 11.8. The van der Waals surface area contributed by atoms with Crippen LogP contribution >= 0.6 is 11.6 Å². The highest BCUT2D eigenvalue weighted by Gasteiger charge is 2.38. The smallest absolute Gasteiger partial charge is 0.435 e. The van der Waals surface area contributed by atoms with Gasteiger partial charge in [0.05, 0.1) is 22.3 Å². The third-order valence-corrected chi connectivity index (χ3v) is 14.9. The van der Waals surface area contributed by atoms with E-state index in [1.807, 2.05) is 30.3 Å². The van der Waals surface area contributed by atoms with Gasteiger partial charge in [0.25, 0.3) is 0 Å². The van der Waals surface area contributed by atoms with E-state index in [1.54, 1.807) is 39.0 Å². The van der Waals surface area contributed by atoms with Crippen LogP contribution in [-0.4, -0.2) is 80.8 Å². The quantitative estimate of drug-likeness (QED) is 0.0586. The molecule has 0 aliphatic carbocycles. The SMILES string of the molecule is CC[Si](CC)(CC)OC(CN(CCOc1ccc2c(C(F)(F)F)nn(C(=O)O)c2c1)Cc1ccccc1)c1ccc(Cl)c(N(CC(=O)OC(C)(C)C)S(=O)[O-])c1. The Kier molecular flexibility index (Phi) is 15.1. The third kappa shape index (κ3) is 11.8. The van der Waals surface area contributed by atoms with Gasteiger partial charge in [0, 0.05) is 42.4 Å². The van der Waals surface area contributed by atoms with Crippen molar-refractivity contribution >= 4 is 59.8 Å². The second kappa shape index (κ2) is 19.0. The summed E-state index contributed by atoms with van der Waals surface area (Å²) in [6.07, 6.45) is -7.13. The number of hydrogen-bond acceptors (Lipinski definition) is 9. The fraction of sp³-hybridized carbons (Fsp3) is 0.447. The summed E-state index contributed by atoms with van der Waals surface area (Å²) in [5.41, 5.74) is -0.741. The topological polar surface area (TPSA) is 146 Å². The van der Waals surface area contributed by atoms with Crippen molar-refractivity contribution in [2.75, 3.05) is 30.5 Å². The first-order chi connectivity index (χ1) is 26.3. The van der Waals surface area contributed by atoms with Crippen molar-refractivity contribution in [1.82, 2.24) is 14.7 Å². The van der Waals surface area contributed by atoms with Crippen LogP contribution in [0.2, 0.25) is 23.2 Å². The number of benzene rings is 3. The Balaban J connectivity index is 1.69. The number of carbonyl (C=O) groups is 2. The van der Waals surface area contributed by atoms with Gasteiger partial charge < -0.3 is 23.6 Å². The number of nitrogens with zero attached hydrogens (tertiary/aromatic N) is 4. The minimum atomic E-state index is -4.86. The highest BCUT2D eigenvalue weighted by Crippen LogP contribution is 2.37. The summed E-state index contributed by atoms with van der Waals surface area (Å²) >= 11 is 3.69. The van der Waals surface area contributed by atoms with Gasteiger partial charge in [-0.1, -0.05) is 68.8 Å². The van der Waals surface area contributed by atoms with E-state index in [1.165, 1.54) is 12.1 Å². The standard InChI is InChI=1S/C38H48ClF3N4O8SSi/c1-7-56(8-2,9-3)54-33(27-15-18-30(39)32(21-27)45(55(50)51)25-34(47)53-37(4,5)6)24-44(23-26-13-11-10-12-14-26)19-20-52-28-16-17-29-31(22-28)46(36(48)49)43-35(29)38(40,41)42/h10-18,21-22,33H,7-9,19-20,23-25H2,1-6H3,(H,48,49)(H,50,51)/p-1. The number of esters is 1. The molecule has 0 fully saturated rings. The monoisotopic (exact) mass is 839 g/mol. The van der Waals surface area contributed by atoms with E-state index in [0.29, 0.717) is 25.2 Å². The maximum Gasteiger partial charge on any atom is 0.435 e. The predicted molar refractivity (Wildman–Crippen MR) is 210 cm³/mol. The maximum absolute atomic E-state index is 13.6.